The highest BCUT2D eigenvalue weighted by atomic mass is 79.9. The number of alkyl halides is 1. The van der Waals surface area contributed by atoms with Gasteiger partial charge in [-0.2, -0.15) is 11.8 Å². The van der Waals surface area contributed by atoms with Gasteiger partial charge in [-0.15, -0.1) is 0 Å². The Labute approximate surface area is 68.9 Å². The van der Waals surface area contributed by atoms with Crippen LogP contribution in [-0.2, 0) is 0 Å². The summed E-state index contributed by atoms with van der Waals surface area (Å²) in [4.78, 5) is 0.844. The van der Waals surface area contributed by atoms with Crippen molar-refractivity contribution in [1.82, 2.24) is 0 Å². The van der Waals surface area contributed by atoms with E-state index in [2.05, 4.69) is 27.7 Å². The van der Waals surface area contributed by atoms with Gasteiger partial charge < -0.3 is 0 Å². The van der Waals surface area contributed by atoms with Crippen LogP contribution in [-0.4, -0.2) is 15.3 Å². The molecule has 0 aliphatic carbocycles. The maximum Gasteiger partial charge on any atom is 0.0166 e. The van der Waals surface area contributed by atoms with Crippen LogP contribution in [0.2, 0.25) is 0 Å². The molecule has 0 radical (unpaired) electrons. The van der Waals surface area contributed by atoms with Crippen molar-refractivity contribution in [2.24, 2.45) is 0 Å². The first-order chi connectivity index (χ1) is 4.34. The van der Waals surface area contributed by atoms with Gasteiger partial charge in [0, 0.05) is 15.3 Å². The Kier molecular flexibility index (Phi) is 1.79. The molecule has 0 saturated carbocycles. The molecular weight excluding hydrogens is 196 g/mol. The molecule has 0 aromatic rings. The molecule has 52 valence electrons. The second kappa shape index (κ2) is 2.46. The minimum Gasteiger partial charge on any atom is -0.155 e. The predicted octanol–water partition coefficient (Wildman–Crippen LogP) is 2.81. The highest BCUT2D eigenvalue weighted by Crippen LogP contribution is 2.45. The summed E-state index contributed by atoms with van der Waals surface area (Å²) in [5.41, 5.74) is 0. The summed E-state index contributed by atoms with van der Waals surface area (Å²) in [5, 5.41) is 2.02. The van der Waals surface area contributed by atoms with Gasteiger partial charge in [0.1, 0.15) is 0 Å². The second-order valence-electron chi connectivity index (χ2n) is 3.03. The molecule has 2 saturated heterocycles. The Balaban J connectivity index is 2.03. The molecule has 2 fully saturated rings. The molecule has 2 rings (SSSR count). The molecule has 2 aliphatic heterocycles. The van der Waals surface area contributed by atoms with Crippen LogP contribution in [0.4, 0.5) is 0 Å². The van der Waals surface area contributed by atoms with Crippen LogP contribution in [0.5, 0.6) is 0 Å². The molecular formula is C7H11BrS. The summed E-state index contributed by atoms with van der Waals surface area (Å²) in [6, 6.07) is 0. The lowest BCUT2D eigenvalue weighted by atomic mass is 10.2. The topological polar surface area (TPSA) is 0 Å². The third kappa shape index (κ3) is 1.30. The Morgan fingerprint density at radius 2 is 1.67 bits per heavy atom. The van der Waals surface area contributed by atoms with E-state index in [0.717, 1.165) is 15.3 Å². The molecule has 9 heavy (non-hydrogen) atoms. The van der Waals surface area contributed by atoms with Gasteiger partial charge in [0.05, 0.1) is 0 Å². The molecule has 0 aromatic carbocycles. The van der Waals surface area contributed by atoms with Gasteiger partial charge in [0.2, 0.25) is 0 Å². The standard InChI is InChI=1S/C7H11BrS/c8-5-3-6-1-2-7(4-5)9-6/h5-7H,1-4H2. The Hall–Kier alpha value is 0.830. The van der Waals surface area contributed by atoms with Gasteiger partial charge in [0.25, 0.3) is 0 Å². The molecule has 0 N–H and O–H groups in total. The third-order valence-electron chi connectivity index (χ3n) is 2.23. The number of thioether (sulfide) groups is 1. The normalized spacial score (nSPS) is 49.7. The number of hydrogen-bond donors (Lipinski definition) is 0. The third-order valence-corrected chi connectivity index (χ3v) is 4.61. The van der Waals surface area contributed by atoms with E-state index in [0.29, 0.717) is 0 Å². The smallest absolute Gasteiger partial charge is 0.0166 e. The van der Waals surface area contributed by atoms with Crippen LogP contribution in [0.25, 0.3) is 0 Å². The fourth-order valence-corrected chi connectivity index (χ4v) is 4.97. The largest absolute Gasteiger partial charge is 0.155 e. The molecule has 0 aromatic heterocycles. The van der Waals surface area contributed by atoms with E-state index < -0.39 is 0 Å². The number of hydrogen-bond acceptors (Lipinski definition) is 1. The van der Waals surface area contributed by atoms with Crippen LogP contribution in [0, 0.1) is 0 Å². The van der Waals surface area contributed by atoms with Gasteiger partial charge in [0.15, 0.2) is 0 Å². The van der Waals surface area contributed by atoms with Crippen LogP contribution in [0.1, 0.15) is 25.7 Å². The first-order valence-corrected chi connectivity index (χ1v) is 5.50. The van der Waals surface area contributed by atoms with Crippen LogP contribution < -0.4 is 0 Å². The van der Waals surface area contributed by atoms with Crippen LogP contribution >= 0.6 is 27.7 Å². The maximum absolute atomic E-state index is 3.70. The first-order valence-electron chi connectivity index (χ1n) is 3.64. The van der Waals surface area contributed by atoms with Crippen molar-refractivity contribution >= 4 is 27.7 Å². The van der Waals surface area contributed by atoms with Crippen molar-refractivity contribution in [2.45, 2.75) is 41.0 Å². The van der Waals surface area contributed by atoms with E-state index in [1.54, 1.807) is 0 Å². The lowest BCUT2D eigenvalue weighted by Gasteiger charge is -2.22. The predicted molar refractivity (Wildman–Crippen MR) is 46.4 cm³/mol. The minimum atomic E-state index is 0.844. The molecule has 2 aliphatic rings. The Morgan fingerprint density at radius 1 is 1.11 bits per heavy atom. The maximum atomic E-state index is 3.70. The zero-order valence-electron chi connectivity index (χ0n) is 5.35. The summed E-state index contributed by atoms with van der Waals surface area (Å²) in [6.07, 6.45) is 5.80. The monoisotopic (exact) mass is 206 g/mol. The molecule has 0 nitrogen and oxygen atoms in total. The van der Waals surface area contributed by atoms with Gasteiger partial charge >= 0.3 is 0 Å². The SMILES string of the molecule is BrC1CC2CCC(C1)S2. The van der Waals surface area contributed by atoms with E-state index in [1.165, 1.54) is 25.7 Å². The quantitative estimate of drug-likeness (QED) is 0.550. The van der Waals surface area contributed by atoms with Gasteiger partial charge in [-0.1, -0.05) is 15.9 Å². The average molecular weight is 207 g/mol. The average Bonchev–Trinajstić information content (AvgIpc) is 2.11. The van der Waals surface area contributed by atoms with E-state index in [1.807, 2.05) is 0 Å². The van der Waals surface area contributed by atoms with Gasteiger partial charge in [-0.05, 0) is 25.7 Å². The second-order valence-corrected chi connectivity index (χ2v) is 5.93. The molecule has 2 bridgehead atoms. The molecule has 2 atom stereocenters. The number of halogens is 1. The van der Waals surface area contributed by atoms with Crippen molar-refractivity contribution in [1.29, 1.82) is 0 Å². The van der Waals surface area contributed by atoms with Crippen molar-refractivity contribution in [3.63, 3.8) is 0 Å². The van der Waals surface area contributed by atoms with E-state index >= 15 is 0 Å². The zero-order chi connectivity index (χ0) is 6.27. The zero-order valence-corrected chi connectivity index (χ0v) is 7.75. The van der Waals surface area contributed by atoms with Gasteiger partial charge in [-0.25, -0.2) is 0 Å². The van der Waals surface area contributed by atoms with Crippen molar-refractivity contribution in [3.05, 3.63) is 0 Å². The summed E-state index contributed by atoms with van der Waals surface area (Å²) < 4.78 is 0. The Morgan fingerprint density at radius 3 is 2.22 bits per heavy atom. The molecule has 0 spiro atoms. The summed E-state index contributed by atoms with van der Waals surface area (Å²) in [5.74, 6) is 0. The highest BCUT2D eigenvalue weighted by Gasteiger charge is 2.33. The van der Waals surface area contributed by atoms with Crippen molar-refractivity contribution < 1.29 is 0 Å². The summed E-state index contributed by atoms with van der Waals surface area (Å²) >= 11 is 5.92. The highest BCUT2D eigenvalue weighted by molar-refractivity contribution is 9.09. The van der Waals surface area contributed by atoms with Crippen molar-refractivity contribution in [2.75, 3.05) is 0 Å². The lowest BCUT2D eigenvalue weighted by Crippen LogP contribution is -2.16. The van der Waals surface area contributed by atoms with E-state index in [9.17, 15) is 0 Å². The lowest BCUT2D eigenvalue weighted by molar-refractivity contribution is 0.716. The number of rotatable bonds is 0. The summed E-state index contributed by atoms with van der Waals surface area (Å²) in [7, 11) is 0. The Bertz CT molecular complexity index is 103. The molecule has 2 unspecified atom stereocenters. The van der Waals surface area contributed by atoms with E-state index in [4.69, 9.17) is 0 Å². The molecule has 2 heterocycles. The van der Waals surface area contributed by atoms with Crippen LogP contribution in [0.3, 0.4) is 0 Å². The fraction of sp³-hybridized carbons (Fsp3) is 1.00. The fourth-order valence-electron chi connectivity index (χ4n) is 1.79. The number of fused-ring (bicyclic) bond motifs is 2. The minimum absolute atomic E-state index is 0.844. The van der Waals surface area contributed by atoms with E-state index in [-0.39, 0.29) is 0 Å². The summed E-state index contributed by atoms with van der Waals surface area (Å²) in [6.45, 7) is 0. The van der Waals surface area contributed by atoms with Crippen LogP contribution in [0.15, 0.2) is 0 Å². The molecule has 2 heteroatoms. The molecule has 0 amide bonds. The first kappa shape index (κ1) is 6.53. The van der Waals surface area contributed by atoms with Gasteiger partial charge in [-0.3, -0.25) is 0 Å². The van der Waals surface area contributed by atoms with Crippen molar-refractivity contribution in [3.8, 4) is 0 Å².